The van der Waals surface area contributed by atoms with Gasteiger partial charge in [0.15, 0.2) is 0 Å². The van der Waals surface area contributed by atoms with Gasteiger partial charge in [-0.1, -0.05) is 52.4 Å². The van der Waals surface area contributed by atoms with Crippen molar-refractivity contribution in [3.63, 3.8) is 0 Å². The summed E-state index contributed by atoms with van der Waals surface area (Å²) in [5.74, 6) is 1.27. The lowest BCUT2D eigenvalue weighted by molar-refractivity contribution is 0.484. The Labute approximate surface area is 107 Å². The minimum absolute atomic E-state index is 0.751. The fourth-order valence-corrected chi connectivity index (χ4v) is 2.65. The summed E-state index contributed by atoms with van der Waals surface area (Å²) in [5.41, 5.74) is 0. The normalized spacial score (nSPS) is 12.9. The minimum Gasteiger partial charge on any atom is -0.313 e. The molecule has 0 aromatic rings. The topological polar surface area (TPSA) is 12.0 Å². The molecule has 1 nitrogen and oxygen atoms in total. The van der Waals surface area contributed by atoms with Crippen LogP contribution >= 0.6 is 11.8 Å². The van der Waals surface area contributed by atoms with E-state index in [2.05, 4.69) is 25.4 Å². The molecule has 0 aromatic carbocycles. The molecule has 0 aliphatic rings. The van der Waals surface area contributed by atoms with Crippen molar-refractivity contribution in [2.45, 2.75) is 71.3 Å². The van der Waals surface area contributed by atoms with E-state index in [4.69, 9.17) is 0 Å². The van der Waals surface area contributed by atoms with Crippen LogP contribution < -0.4 is 5.32 Å². The van der Waals surface area contributed by atoms with Gasteiger partial charge in [0.25, 0.3) is 0 Å². The molecule has 0 spiro atoms. The summed E-state index contributed by atoms with van der Waals surface area (Å²) in [6.07, 6.45) is 13.3. The lowest BCUT2D eigenvalue weighted by Gasteiger charge is -2.17. The van der Waals surface area contributed by atoms with E-state index in [1.807, 2.05) is 11.8 Å². The number of hydrogen-bond donors (Lipinski definition) is 1. The van der Waals surface area contributed by atoms with Crippen LogP contribution in [0.4, 0.5) is 0 Å². The predicted octanol–water partition coefficient (Wildman–Crippen LogP) is 4.47. The highest BCUT2D eigenvalue weighted by atomic mass is 32.2. The fourth-order valence-electron chi connectivity index (χ4n) is 1.97. The van der Waals surface area contributed by atoms with Gasteiger partial charge >= 0.3 is 0 Å². The van der Waals surface area contributed by atoms with Gasteiger partial charge < -0.3 is 5.32 Å². The first-order valence-corrected chi connectivity index (χ1v) is 8.46. The number of rotatable bonds is 12. The molecule has 0 amide bonds. The van der Waals surface area contributed by atoms with E-state index in [1.54, 1.807) is 0 Å². The minimum atomic E-state index is 0.751. The van der Waals surface area contributed by atoms with Crippen molar-refractivity contribution < 1.29 is 0 Å². The third-order valence-electron chi connectivity index (χ3n) is 2.96. The Morgan fingerprint density at radius 2 is 1.62 bits per heavy atom. The molecule has 0 aliphatic heterocycles. The van der Waals surface area contributed by atoms with Gasteiger partial charge in [-0.05, 0) is 25.6 Å². The summed E-state index contributed by atoms with van der Waals surface area (Å²) in [6, 6.07) is 0.751. The van der Waals surface area contributed by atoms with Gasteiger partial charge in [-0.15, -0.1) is 0 Å². The van der Waals surface area contributed by atoms with Crippen LogP contribution in [-0.4, -0.2) is 24.6 Å². The summed E-state index contributed by atoms with van der Waals surface area (Å²) in [6.45, 7) is 5.71. The molecule has 2 heteroatoms. The maximum Gasteiger partial charge on any atom is 0.0158 e. The van der Waals surface area contributed by atoms with Crippen LogP contribution in [-0.2, 0) is 0 Å². The number of unbranched alkanes of at least 4 members (excludes halogenated alkanes) is 5. The monoisotopic (exact) mass is 245 g/mol. The van der Waals surface area contributed by atoms with Crippen LogP contribution in [0.15, 0.2) is 0 Å². The SMILES string of the molecule is CCCCCCCCC(CSC)NCCC. The van der Waals surface area contributed by atoms with Crippen LogP contribution in [0, 0.1) is 0 Å². The number of thioether (sulfide) groups is 1. The zero-order chi connectivity index (χ0) is 12.1. The van der Waals surface area contributed by atoms with E-state index in [0.717, 1.165) is 6.04 Å². The molecule has 98 valence electrons. The van der Waals surface area contributed by atoms with E-state index in [9.17, 15) is 0 Å². The van der Waals surface area contributed by atoms with Gasteiger partial charge in [0.05, 0.1) is 0 Å². The van der Waals surface area contributed by atoms with Gasteiger partial charge in [0.2, 0.25) is 0 Å². The molecular weight excluding hydrogens is 214 g/mol. The molecule has 0 bridgehead atoms. The van der Waals surface area contributed by atoms with Crippen LogP contribution in [0.1, 0.15) is 65.2 Å². The first-order valence-electron chi connectivity index (χ1n) is 7.07. The third-order valence-corrected chi connectivity index (χ3v) is 3.69. The van der Waals surface area contributed by atoms with Crippen LogP contribution in [0.5, 0.6) is 0 Å². The Morgan fingerprint density at radius 1 is 0.938 bits per heavy atom. The van der Waals surface area contributed by atoms with Gasteiger partial charge in [-0.25, -0.2) is 0 Å². The molecule has 0 radical (unpaired) electrons. The number of nitrogens with one attached hydrogen (secondary N) is 1. The van der Waals surface area contributed by atoms with Crippen molar-refractivity contribution in [3.05, 3.63) is 0 Å². The highest BCUT2D eigenvalue weighted by Crippen LogP contribution is 2.10. The second kappa shape index (κ2) is 13.4. The van der Waals surface area contributed by atoms with E-state index >= 15 is 0 Å². The molecule has 1 atom stereocenters. The quantitative estimate of drug-likeness (QED) is 0.509. The van der Waals surface area contributed by atoms with Gasteiger partial charge in [0.1, 0.15) is 0 Å². The predicted molar refractivity (Wildman–Crippen MR) is 78.5 cm³/mol. The van der Waals surface area contributed by atoms with Crippen molar-refractivity contribution in [2.24, 2.45) is 0 Å². The molecule has 0 heterocycles. The Kier molecular flexibility index (Phi) is 13.6. The molecule has 16 heavy (non-hydrogen) atoms. The van der Waals surface area contributed by atoms with E-state index in [-0.39, 0.29) is 0 Å². The summed E-state index contributed by atoms with van der Waals surface area (Å²) < 4.78 is 0. The Morgan fingerprint density at radius 3 is 2.25 bits per heavy atom. The van der Waals surface area contributed by atoms with Crippen LogP contribution in [0.25, 0.3) is 0 Å². The zero-order valence-corrected chi connectivity index (χ0v) is 12.4. The first kappa shape index (κ1) is 16.3. The van der Waals surface area contributed by atoms with Gasteiger partial charge in [0, 0.05) is 11.8 Å². The maximum atomic E-state index is 3.65. The smallest absolute Gasteiger partial charge is 0.0158 e. The average Bonchev–Trinajstić information content (AvgIpc) is 2.30. The van der Waals surface area contributed by atoms with Crippen molar-refractivity contribution in [1.82, 2.24) is 5.32 Å². The van der Waals surface area contributed by atoms with Crippen molar-refractivity contribution in [3.8, 4) is 0 Å². The van der Waals surface area contributed by atoms with Crippen molar-refractivity contribution >= 4 is 11.8 Å². The van der Waals surface area contributed by atoms with E-state index < -0.39 is 0 Å². The van der Waals surface area contributed by atoms with Crippen LogP contribution in [0.3, 0.4) is 0 Å². The van der Waals surface area contributed by atoms with Crippen molar-refractivity contribution in [2.75, 3.05) is 18.6 Å². The summed E-state index contributed by atoms with van der Waals surface area (Å²) >= 11 is 1.97. The lowest BCUT2D eigenvalue weighted by atomic mass is 10.1. The molecule has 0 aromatic heterocycles. The first-order chi connectivity index (χ1) is 7.85. The Balaban J connectivity index is 3.36. The molecule has 0 rings (SSSR count). The molecule has 0 saturated heterocycles. The fraction of sp³-hybridized carbons (Fsp3) is 1.00. The second-order valence-electron chi connectivity index (χ2n) is 4.66. The second-order valence-corrected chi connectivity index (χ2v) is 5.57. The third kappa shape index (κ3) is 10.8. The molecule has 0 saturated carbocycles. The standard InChI is InChI=1S/C14H31NS/c1-4-6-7-8-9-10-11-14(13-16-3)15-12-5-2/h14-15H,4-13H2,1-3H3. The molecule has 0 aliphatic carbocycles. The summed E-state index contributed by atoms with van der Waals surface area (Å²) in [7, 11) is 0. The maximum absolute atomic E-state index is 3.65. The van der Waals surface area contributed by atoms with Gasteiger partial charge in [-0.2, -0.15) is 11.8 Å². The number of hydrogen-bond acceptors (Lipinski definition) is 2. The van der Waals surface area contributed by atoms with Crippen molar-refractivity contribution in [1.29, 1.82) is 0 Å². The molecular formula is C14H31NS. The van der Waals surface area contributed by atoms with Crippen LogP contribution in [0.2, 0.25) is 0 Å². The largest absolute Gasteiger partial charge is 0.313 e. The summed E-state index contributed by atoms with van der Waals surface area (Å²) in [5, 5.41) is 3.65. The molecule has 1 unspecified atom stereocenters. The highest BCUT2D eigenvalue weighted by Gasteiger charge is 2.05. The average molecular weight is 245 g/mol. The Hall–Kier alpha value is 0.310. The van der Waals surface area contributed by atoms with E-state index in [0.29, 0.717) is 0 Å². The zero-order valence-electron chi connectivity index (χ0n) is 11.6. The highest BCUT2D eigenvalue weighted by molar-refractivity contribution is 7.98. The summed E-state index contributed by atoms with van der Waals surface area (Å²) in [4.78, 5) is 0. The van der Waals surface area contributed by atoms with Gasteiger partial charge in [-0.3, -0.25) is 0 Å². The molecule has 0 fully saturated rings. The molecule has 1 N–H and O–H groups in total. The van der Waals surface area contributed by atoms with E-state index in [1.165, 1.54) is 63.7 Å². The Bertz CT molecular complexity index is 128. The lowest BCUT2D eigenvalue weighted by Crippen LogP contribution is -2.31.